The number of aliphatic carboxylic acids is 1. The molecule has 3 fully saturated rings. The summed E-state index contributed by atoms with van der Waals surface area (Å²) in [5, 5.41) is 9.32. The molecule has 1 amide bonds. The first-order valence-electron chi connectivity index (χ1n) is 7.48. The molecule has 4 nitrogen and oxygen atoms in total. The third-order valence-corrected chi connectivity index (χ3v) is 5.68. The van der Waals surface area contributed by atoms with Crippen molar-refractivity contribution in [2.75, 3.05) is 13.1 Å². The van der Waals surface area contributed by atoms with Gasteiger partial charge in [-0.15, -0.1) is 0 Å². The Morgan fingerprint density at radius 1 is 1.32 bits per heavy atom. The average Bonchev–Trinajstić information content (AvgIpc) is 3.28. The van der Waals surface area contributed by atoms with Gasteiger partial charge in [0.15, 0.2) is 0 Å². The normalized spacial score (nSPS) is 41.4. The largest absolute Gasteiger partial charge is 0.481 e. The van der Waals surface area contributed by atoms with Gasteiger partial charge in [0, 0.05) is 19.0 Å². The van der Waals surface area contributed by atoms with Crippen molar-refractivity contribution in [2.24, 2.45) is 29.1 Å². The predicted octanol–water partition coefficient (Wildman–Crippen LogP) is 1.99. The molecular formula is C15H23NO3. The Balaban J connectivity index is 1.67. The van der Waals surface area contributed by atoms with E-state index in [2.05, 4.69) is 13.8 Å². The molecular weight excluding hydrogens is 242 g/mol. The van der Waals surface area contributed by atoms with Crippen LogP contribution in [0.4, 0.5) is 0 Å². The summed E-state index contributed by atoms with van der Waals surface area (Å²) in [6.45, 7) is 5.41. The molecule has 106 valence electrons. The van der Waals surface area contributed by atoms with Crippen LogP contribution in [0.2, 0.25) is 0 Å². The summed E-state index contributed by atoms with van der Waals surface area (Å²) >= 11 is 0. The van der Waals surface area contributed by atoms with Crippen molar-refractivity contribution in [1.29, 1.82) is 0 Å². The maximum absolute atomic E-state index is 12.5. The van der Waals surface area contributed by atoms with Gasteiger partial charge >= 0.3 is 5.97 Å². The molecule has 4 heteroatoms. The summed E-state index contributed by atoms with van der Waals surface area (Å²) in [6.07, 6.45) is 4.30. The SMILES string of the molecule is CCC1(C)CC1C(=O)N1C[C@H](C(=O)O)[C@@H](C2CC2)C1. The smallest absolute Gasteiger partial charge is 0.308 e. The van der Waals surface area contributed by atoms with Gasteiger partial charge in [-0.3, -0.25) is 9.59 Å². The molecule has 0 spiro atoms. The first kappa shape index (κ1) is 12.9. The van der Waals surface area contributed by atoms with Crippen LogP contribution < -0.4 is 0 Å². The van der Waals surface area contributed by atoms with E-state index in [4.69, 9.17) is 0 Å². The molecule has 1 N–H and O–H groups in total. The Hall–Kier alpha value is -1.06. The van der Waals surface area contributed by atoms with E-state index in [-0.39, 0.29) is 29.1 Å². The van der Waals surface area contributed by atoms with E-state index in [0.29, 0.717) is 19.0 Å². The number of rotatable bonds is 4. The Kier molecular flexibility index (Phi) is 2.88. The number of carbonyl (C=O) groups excluding carboxylic acids is 1. The Morgan fingerprint density at radius 3 is 2.47 bits per heavy atom. The van der Waals surface area contributed by atoms with Gasteiger partial charge in [-0.05, 0) is 42.9 Å². The summed E-state index contributed by atoms with van der Waals surface area (Å²) in [4.78, 5) is 25.7. The Morgan fingerprint density at radius 2 is 2.00 bits per heavy atom. The molecule has 0 aromatic rings. The number of amides is 1. The summed E-state index contributed by atoms with van der Waals surface area (Å²) in [5.41, 5.74) is 0.174. The zero-order valence-corrected chi connectivity index (χ0v) is 11.8. The van der Waals surface area contributed by atoms with Crippen LogP contribution in [0.5, 0.6) is 0 Å². The summed E-state index contributed by atoms with van der Waals surface area (Å²) in [5.74, 6) is 0.0525. The van der Waals surface area contributed by atoms with E-state index in [1.54, 1.807) is 0 Å². The van der Waals surface area contributed by atoms with Gasteiger partial charge in [-0.1, -0.05) is 13.8 Å². The summed E-state index contributed by atoms with van der Waals surface area (Å²) < 4.78 is 0. The number of carboxylic acids is 1. The van der Waals surface area contributed by atoms with Crippen molar-refractivity contribution in [3.63, 3.8) is 0 Å². The second kappa shape index (κ2) is 4.22. The Bertz CT molecular complexity index is 418. The second-order valence-corrected chi connectivity index (χ2v) is 6.95. The molecule has 3 aliphatic rings. The van der Waals surface area contributed by atoms with Gasteiger partial charge in [0.05, 0.1) is 5.92 Å². The lowest BCUT2D eigenvalue weighted by Gasteiger charge is -2.18. The van der Waals surface area contributed by atoms with Crippen molar-refractivity contribution < 1.29 is 14.7 Å². The zero-order valence-electron chi connectivity index (χ0n) is 11.8. The fraction of sp³-hybridized carbons (Fsp3) is 0.867. The Labute approximate surface area is 114 Å². The monoisotopic (exact) mass is 265 g/mol. The minimum absolute atomic E-state index is 0.143. The van der Waals surface area contributed by atoms with E-state index in [1.807, 2.05) is 4.90 Å². The standard InChI is InChI=1S/C15H23NO3/c1-3-15(2)6-12(15)13(17)16-7-10(9-4-5-9)11(8-16)14(18)19/h9-12H,3-8H2,1-2H3,(H,18,19)/t10-,11+,12?,15?/m1/s1. The number of carboxylic acid groups (broad SMARTS) is 1. The molecule has 1 heterocycles. The molecule has 19 heavy (non-hydrogen) atoms. The minimum atomic E-state index is -0.721. The minimum Gasteiger partial charge on any atom is -0.481 e. The lowest BCUT2D eigenvalue weighted by Crippen LogP contribution is -2.32. The van der Waals surface area contributed by atoms with Gasteiger partial charge in [0.25, 0.3) is 0 Å². The number of nitrogens with zero attached hydrogens (tertiary/aromatic N) is 1. The fourth-order valence-electron chi connectivity index (χ4n) is 3.68. The van der Waals surface area contributed by atoms with Crippen LogP contribution in [0.3, 0.4) is 0 Å². The van der Waals surface area contributed by atoms with E-state index in [1.165, 1.54) is 0 Å². The lowest BCUT2D eigenvalue weighted by atomic mass is 9.92. The van der Waals surface area contributed by atoms with Crippen molar-refractivity contribution >= 4 is 11.9 Å². The highest BCUT2D eigenvalue weighted by Crippen LogP contribution is 2.56. The lowest BCUT2D eigenvalue weighted by molar-refractivity contribution is -0.142. The molecule has 2 saturated carbocycles. The highest BCUT2D eigenvalue weighted by molar-refractivity contribution is 5.84. The highest BCUT2D eigenvalue weighted by atomic mass is 16.4. The second-order valence-electron chi connectivity index (χ2n) is 6.95. The first-order valence-corrected chi connectivity index (χ1v) is 7.48. The van der Waals surface area contributed by atoms with E-state index in [0.717, 1.165) is 25.7 Å². The van der Waals surface area contributed by atoms with E-state index >= 15 is 0 Å². The fourth-order valence-corrected chi connectivity index (χ4v) is 3.68. The van der Waals surface area contributed by atoms with Crippen LogP contribution in [0.15, 0.2) is 0 Å². The van der Waals surface area contributed by atoms with Crippen LogP contribution in [-0.4, -0.2) is 35.0 Å². The molecule has 1 saturated heterocycles. The topological polar surface area (TPSA) is 57.6 Å². The highest BCUT2D eigenvalue weighted by Gasteiger charge is 2.56. The number of hydrogen-bond donors (Lipinski definition) is 1. The third-order valence-electron chi connectivity index (χ3n) is 5.68. The quantitative estimate of drug-likeness (QED) is 0.845. The third kappa shape index (κ3) is 2.15. The van der Waals surface area contributed by atoms with Gasteiger partial charge in [-0.25, -0.2) is 0 Å². The van der Waals surface area contributed by atoms with Crippen molar-refractivity contribution in [3.8, 4) is 0 Å². The zero-order chi connectivity index (χ0) is 13.8. The van der Waals surface area contributed by atoms with Gasteiger partial charge in [0.2, 0.25) is 5.91 Å². The van der Waals surface area contributed by atoms with Crippen LogP contribution in [-0.2, 0) is 9.59 Å². The molecule has 2 aliphatic carbocycles. The van der Waals surface area contributed by atoms with E-state index in [9.17, 15) is 14.7 Å². The molecule has 2 unspecified atom stereocenters. The van der Waals surface area contributed by atoms with Crippen LogP contribution in [0, 0.1) is 29.1 Å². The van der Waals surface area contributed by atoms with Gasteiger partial charge in [0.1, 0.15) is 0 Å². The maximum Gasteiger partial charge on any atom is 0.308 e. The first-order chi connectivity index (χ1) is 8.96. The molecule has 1 aliphatic heterocycles. The molecule has 0 bridgehead atoms. The number of hydrogen-bond acceptors (Lipinski definition) is 2. The molecule has 0 radical (unpaired) electrons. The number of carbonyl (C=O) groups is 2. The van der Waals surface area contributed by atoms with E-state index < -0.39 is 5.97 Å². The summed E-state index contributed by atoms with van der Waals surface area (Å²) in [6, 6.07) is 0. The van der Waals surface area contributed by atoms with Gasteiger partial charge < -0.3 is 10.0 Å². The van der Waals surface area contributed by atoms with Crippen LogP contribution in [0.25, 0.3) is 0 Å². The molecule has 3 rings (SSSR count). The predicted molar refractivity (Wildman–Crippen MR) is 70.4 cm³/mol. The molecule has 0 aromatic heterocycles. The average molecular weight is 265 g/mol. The van der Waals surface area contributed by atoms with Crippen molar-refractivity contribution in [2.45, 2.75) is 39.5 Å². The number of likely N-dealkylation sites (tertiary alicyclic amines) is 1. The van der Waals surface area contributed by atoms with Crippen LogP contribution in [0.1, 0.15) is 39.5 Å². The van der Waals surface area contributed by atoms with Crippen molar-refractivity contribution in [1.82, 2.24) is 4.90 Å². The molecule has 0 aromatic carbocycles. The van der Waals surface area contributed by atoms with Crippen molar-refractivity contribution in [3.05, 3.63) is 0 Å². The summed E-state index contributed by atoms with van der Waals surface area (Å²) in [7, 11) is 0. The molecule has 4 atom stereocenters. The maximum atomic E-state index is 12.5. The van der Waals surface area contributed by atoms with Gasteiger partial charge in [-0.2, -0.15) is 0 Å². The van der Waals surface area contributed by atoms with Crippen LogP contribution >= 0.6 is 0 Å².